The Kier molecular flexibility index (Phi) is 4.57. The van der Waals surface area contributed by atoms with Gasteiger partial charge in [0.25, 0.3) is 5.91 Å². The minimum absolute atomic E-state index is 0.0926. The van der Waals surface area contributed by atoms with E-state index in [2.05, 4.69) is 26.6 Å². The van der Waals surface area contributed by atoms with Crippen molar-refractivity contribution in [2.75, 3.05) is 17.7 Å². The van der Waals surface area contributed by atoms with Crippen LogP contribution < -0.4 is 10.6 Å². The number of amides is 1. The van der Waals surface area contributed by atoms with Gasteiger partial charge in [-0.15, -0.1) is 0 Å². The highest BCUT2D eigenvalue weighted by molar-refractivity contribution is 9.10. The Labute approximate surface area is 129 Å². The van der Waals surface area contributed by atoms with Crippen LogP contribution in [0.25, 0.3) is 0 Å². The normalized spacial score (nSPS) is 10.3. The van der Waals surface area contributed by atoms with Gasteiger partial charge < -0.3 is 10.6 Å². The lowest BCUT2D eigenvalue weighted by atomic mass is 10.1. The van der Waals surface area contributed by atoms with Gasteiger partial charge in [0.05, 0.1) is 11.3 Å². The molecule has 0 unspecified atom stereocenters. The van der Waals surface area contributed by atoms with Crippen LogP contribution in [0, 0.1) is 18.6 Å². The number of halogens is 3. The van der Waals surface area contributed by atoms with Crippen molar-refractivity contribution in [2.24, 2.45) is 0 Å². The molecule has 110 valence electrons. The van der Waals surface area contributed by atoms with E-state index >= 15 is 0 Å². The van der Waals surface area contributed by atoms with Crippen molar-refractivity contribution < 1.29 is 13.6 Å². The highest BCUT2D eigenvalue weighted by atomic mass is 79.9. The summed E-state index contributed by atoms with van der Waals surface area (Å²) in [6.07, 6.45) is 0. The molecule has 3 nitrogen and oxygen atoms in total. The molecule has 0 saturated carbocycles. The van der Waals surface area contributed by atoms with Crippen LogP contribution >= 0.6 is 15.9 Å². The summed E-state index contributed by atoms with van der Waals surface area (Å²) in [7, 11) is 1.69. The maximum Gasteiger partial charge on any atom is 0.257 e. The van der Waals surface area contributed by atoms with E-state index < -0.39 is 17.5 Å². The molecule has 1 amide bonds. The number of benzene rings is 2. The minimum Gasteiger partial charge on any atom is -0.387 e. The fourth-order valence-electron chi connectivity index (χ4n) is 1.91. The molecule has 2 aromatic rings. The fraction of sp³-hybridized carbons (Fsp3) is 0.133. The molecule has 0 aliphatic rings. The van der Waals surface area contributed by atoms with E-state index in [1.807, 2.05) is 13.0 Å². The second-order valence-corrected chi connectivity index (χ2v) is 5.35. The molecule has 0 saturated heterocycles. The van der Waals surface area contributed by atoms with Crippen molar-refractivity contribution in [1.82, 2.24) is 0 Å². The van der Waals surface area contributed by atoms with Crippen molar-refractivity contribution in [3.8, 4) is 0 Å². The molecule has 2 rings (SSSR count). The molecule has 0 fully saturated rings. The molecule has 21 heavy (non-hydrogen) atoms. The van der Waals surface area contributed by atoms with Gasteiger partial charge in [0.15, 0.2) is 5.82 Å². The van der Waals surface area contributed by atoms with Gasteiger partial charge in [-0.1, -0.05) is 11.6 Å². The molecule has 2 N–H and O–H groups in total. The Morgan fingerprint density at radius 1 is 1.19 bits per heavy atom. The van der Waals surface area contributed by atoms with Gasteiger partial charge in [-0.05, 0) is 41.1 Å². The number of aryl methyl sites for hydroxylation is 1. The second-order valence-electron chi connectivity index (χ2n) is 4.50. The first kappa shape index (κ1) is 15.4. The fourth-order valence-corrected chi connectivity index (χ4v) is 2.41. The van der Waals surface area contributed by atoms with E-state index in [-0.39, 0.29) is 10.2 Å². The van der Waals surface area contributed by atoms with Crippen LogP contribution in [0.15, 0.2) is 34.8 Å². The predicted octanol–water partition coefficient (Wildman–Crippen LogP) is 4.33. The Balaban J connectivity index is 2.37. The number of carbonyl (C=O) groups is 1. The molecule has 6 heteroatoms. The van der Waals surface area contributed by atoms with Crippen molar-refractivity contribution in [3.63, 3.8) is 0 Å². The summed E-state index contributed by atoms with van der Waals surface area (Å²) < 4.78 is 26.9. The van der Waals surface area contributed by atoms with Crippen LogP contribution in [0.5, 0.6) is 0 Å². The third-order valence-corrected chi connectivity index (χ3v) is 3.56. The molecule has 0 aliphatic heterocycles. The van der Waals surface area contributed by atoms with Crippen LogP contribution in [0.1, 0.15) is 15.9 Å². The van der Waals surface area contributed by atoms with Crippen molar-refractivity contribution in [2.45, 2.75) is 6.92 Å². The van der Waals surface area contributed by atoms with E-state index in [0.29, 0.717) is 11.3 Å². The van der Waals surface area contributed by atoms with Crippen molar-refractivity contribution in [1.29, 1.82) is 0 Å². The lowest BCUT2D eigenvalue weighted by Crippen LogP contribution is -2.15. The number of hydrogen-bond donors (Lipinski definition) is 2. The summed E-state index contributed by atoms with van der Waals surface area (Å²) in [6.45, 7) is 1.85. The van der Waals surface area contributed by atoms with Gasteiger partial charge in [0.2, 0.25) is 0 Å². The molecule has 0 spiro atoms. The monoisotopic (exact) mass is 354 g/mol. The first-order valence-corrected chi connectivity index (χ1v) is 6.96. The molecule has 0 radical (unpaired) electrons. The summed E-state index contributed by atoms with van der Waals surface area (Å²) >= 11 is 3.04. The Hall–Kier alpha value is -1.95. The quantitative estimate of drug-likeness (QED) is 0.861. The number of anilines is 2. The Bertz CT molecular complexity index is 681. The molecule has 0 heterocycles. The van der Waals surface area contributed by atoms with Gasteiger partial charge >= 0.3 is 0 Å². The zero-order chi connectivity index (χ0) is 15.6. The third-order valence-electron chi connectivity index (χ3n) is 2.93. The lowest BCUT2D eigenvalue weighted by molar-refractivity contribution is 0.102. The smallest absolute Gasteiger partial charge is 0.257 e. The molecular formula is C15H13BrF2N2O. The molecular weight excluding hydrogens is 342 g/mol. The minimum atomic E-state index is -0.839. The van der Waals surface area contributed by atoms with E-state index in [9.17, 15) is 13.6 Å². The molecule has 0 aliphatic carbocycles. The maximum atomic E-state index is 13.7. The van der Waals surface area contributed by atoms with Crippen molar-refractivity contribution in [3.05, 3.63) is 57.6 Å². The van der Waals surface area contributed by atoms with Gasteiger partial charge in [0.1, 0.15) is 5.82 Å². The van der Waals surface area contributed by atoms with Gasteiger partial charge in [-0.3, -0.25) is 4.79 Å². The summed E-state index contributed by atoms with van der Waals surface area (Å²) in [5.74, 6) is -2.04. The Morgan fingerprint density at radius 3 is 2.52 bits per heavy atom. The van der Waals surface area contributed by atoms with Crippen LogP contribution in [-0.4, -0.2) is 13.0 Å². The van der Waals surface area contributed by atoms with E-state index in [1.165, 1.54) is 0 Å². The van der Waals surface area contributed by atoms with Crippen LogP contribution in [0.3, 0.4) is 0 Å². The van der Waals surface area contributed by atoms with E-state index in [4.69, 9.17) is 0 Å². The van der Waals surface area contributed by atoms with Crippen LogP contribution in [-0.2, 0) is 0 Å². The SMILES string of the molecule is CNc1ccc(C)cc1C(=O)Nc1c(F)cc(F)cc1Br. The molecule has 2 aromatic carbocycles. The summed E-state index contributed by atoms with van der Waals surface area (Å²) in [5, 5.41) is 5.36. The zero-order valence-corrected chi connectivity index (χ0v) is 13.0. The summed E-state index contributed by atoms with van der Waals surface area (Å²) in [6, 6.07) is 7.12. The molecule has 0 bridgehead atoms. The maximum absolute atomic E-state index is 13.7. The first-order chi connectivity index (χ1) is 9.92. The molecule has 0 aromatic heterocycles. The van der Waals surface area contributed by atoms with Gasteiger partial charge in [0, 0.05) is 23.3 Å². The lowest BCUT2D eigenvalue weighted by Gasteiger charge is -2.12. The highest BCUT2D eigenvalue weighted by Crippen LogP contribution is 2.28. The van der Waals surface area contributed by atoms with Crippen LogP contribution in [0.2, 0.25) is 0 Å². The second kappa shape index (κ2) is 6.22. The van der Waals surface area contributed by atoms with Crippen molar-refractivity contribution >= 4 is 33.2 Å². The predicted molar refractivity (Wildman–Crippen MR) is 82.7 cm³/mol. The standard InChI is InChI=1S/C15H13BrF2N2O/c1-8-3-4-13(19-2)10(5-8)15(21)20-14-11(16)6-9(17)7-12(14)18/h3-7,19H,1-2H3,(H,20,21). The number of rotatable bonds is 3. The third kappa shape index (κ3) is 3.39. The molecule has 0 atom stereocenters. The Morgan fingerprint density at radius 2 is 1.90 bits per heavy atom. The van der Waals surface area contributed by atoms with E-state index in [0.717, 1.165) is 17.7 Å². The largest absolute Gasteiger partial charge is 0.387 e. The number of nitrogens with one attached hydrogen (secondary N) is 2. The summed E-state index contributed by atoms with van der Waals surface area (Å²) in [5.41, 5.74) is 1.81. The summed E-state index contributed by atoms with van der Waals surface area (Å²) in [4.78, 5) is 12.3. The average molecular weight is 355 g/mol. The van der Waals surface area contributed by atoms with Crippen LogP contribution in [0.4, 0.5) is 20.2 Å². The van der Waals surface area contributed by atoms with E-state index in [1.54, 1.807) is 19.2 Å². The van der Waals surface area contributed by atoms with Gasteiger partial charge in [-0.25, -0.2) is 8.78 Å². The first-order valence-electron chi connectivity index (χ1n) is 6.16. The zero-order valence-electron chi connectivity index (χ0n) is 11.4. The highest BCUT2D eigenvalue weighted by Gasteiger charge is 2.16. The number of carbonyl (C=O) groups excluding carboxylic acids is 1. The number of hydrogen-bond acceptors (Lipinski definition) is 2. The van der Waals surface area contributed by atoms with Gasteiger partial charge in [-0.2, -0.15) is 0 Å². The average Bonchev–Trinajstić information content (AvgIpc) is 2.42. The topological polar surface area (TPSA) is 41.1 Å².